The summed E-state index contributed by atoms with van der Waals surface area (Å²) in [6, 6.07) is 5.66. The zero-order valence-corrected chi connectivity index (χ0v) is 11.8. The summed E-state index contributed by atoms with van der Waals surface area (Å²) in [5.41, 5.74) is 1.68. The number of carbonyl (C=O) groups excluding carboxylic acids is 1. The number of nitrogens with zero attached hydrogens (tertiary/aromatic N) is 1. The van der Waals surface area contributed by atoms with E-state index in [-0.39, 0.29) is 11.9 Å². The lowest BCUT2D eigenvalue weighted by Gasteiger charge is -2.27. The highest BCUT2D eigenvalue weighted by atomic mass is 16.5. The average molecular weight is 275 g/mol. The number of ketones is 1. The molecule has 2 N–H and O–H groups in total. The van der Waals surface area contributed by atoms with Crippen molar-refractivity contribution in [2.24, 2.45) is 0 Å². The molecule has 1 unspecified atom stereocenters. The maximum Gasteiger partial charge on any atom is 0.176 e. The second-order valence-corrected chi connectivity index (χ2v) is 5.47. The summed E-state index contributed by atoms with van der Waals surface area (Å²) in [5.74, 6) is 1.01. The second-order valence-electron chi connectivity index (χ2n) is 5.47. The molecule has 1 aromatic rings. The number of anilines is 1. The summed E-state index contributed by atoms with van der Waals surface area (Å²) in [6.45, 7) is 7.11. The molecule has 0 radical (unpaired) electrons. The van der Waals surface area contributed by atoms with E-state index < -0.39 is 0 Å². The Morgan fingerprint density at radius 2 is 2.20 bits per heavy atom. The van der Waals surface area contributed by atoms with Gasteiger partial charge >= 0.3 is 0 Å². The van der Waals surface area contributed by atoms with Gasteiger partial charge in [-0.2, -0.15) is 0 Å². The van der Waals surface area contributed by atoms with Crippen molar-refractivity contribution in [1.82, 2.24) is 10.2 Å². The van der Waals surface area contributed by atoms with Crippen molar-refractivity contribution in [2.45, 2.75) is 13.0 Å². The predicted molar refractivity (Wildman–Crippen MR) is 78.7 cm³/mol. The van der Waals surface area contributed by atoms with Gasteiger partial charge in [0, 0.05) is 31.7 Å². The number of nitrogens with one attached hydrogen (secondary N) is 2. The highest BCUT2D eigenvalue weighted by molar-refractivity contribution is 5.98. The number of ether oxygens (including phenoxy) is 1. The molecule has 0 spiro atoms. The maximum absolute atomic E-state index is 12.3. The molecule has 2 heterocycles. The minimum absolute atomic E-state index is 0.171. The average Bonchev–Trinajstić information content (AvgIpc) is 2.47. The third kappa shape index (κ3) is 2.94. The molecule has 1 fully saturated rings. The highest BCUT2D eigenvalue weighted by Gasteiger charge is 2.19. The molecule has 2 aliphatic heterocycles. The van der Waals surface area contributed by atoms with Crippen LogP contribution in [-0.4, -0.2) is 56.1 Å². The van der Waals surface area contributed by atoms with Crippen LogP contribution in [-0.2, 0) is 0 Å². The molecule has 1 atom stereocenters. The van der Waals surface area contributed by atoms with Crippen LogP contribution in [0, 0.1) is 0 Å². The Hall–Kier alpha value is -1.59. The first-order chi connectivity index (χ1) is 9.72. The fraction of sp³-hybridized carbons (Fsp3) is 0.533. The van der Waals surface area contributed by atoms with Crippen LogP contribution in [0.25, 0.3) is 0 Å². The van der Waals surface area contributed by atoms with Gasteiger partial charge < -0.3 is 15.4 Å². The summed E-state index contributed by atoms with van der Waals surface area (Å²) in [5, 5.41) is 6.60. The third-order valence-corrected chi connectivity index (χ3v) is 3.79. The van der Waals surface area contributed by atoms with E-state index in [1.807, 2.05) is 25.1 Å². The van der Waals surface area contributed by atoms with Crippen LogP contribution in [0.2, 0.25) is 0 Å². The van der Waals surface area contributed by atoms with Crippen LogP contribution in [0.15, 0.2) is 18.2 Å². The van der Waals surface area contributed by atoms with Crippen LogP contribution < -0.4 is 15.4 Å². The zero-order chi connectivity index (χ0) is 13.9. The number of rotatable bonds is 3. The van der Waals surface area contributed by atoms with Gasteiger partial charge in [0.25, 0.3) is 0 Å². The van der Waals surface area contributed by atoms with Crippen LogP contribution in [0.4, 0.5) is 5.69 Å². The minimum Gasteiger partial charge on any atom is -0.487 e. The first-order valence-electron chi connectivity index (χ1n) is 7.23. The lowest BCUT2D eigenvalue weighted by molar-refractivity contribution is 0.0921. The Kier molecular flexibility index (Phi) is 3.89. The van der Waals surface area contributed by atoms with E-state index in [0.717, 1.165) is 49.7 Å². The fourth-order valence-corrected chi connectivity index (χ4v) is 2.62. The van der Waals surface area contributed by atoms with Gasteiger partial charge in [0.05, 0.1) is 18.8 Å². The molecule has 5 heteroatoms. The van der Waals surface area contributed by atoms with Crippen molar-refractivity contribution in [3.8, 4) is 5.75 Å². The van der Waals surface area contributed by atoms with E-state index >= 15 is 0 Å². The Balaban J connectivity index is 1.69. The van der Waals surface area contributed by atoms with E-state index in [4.69, 9.17) is 4.74 Å². The first-order valence-corrected chi connectivity index (χ1v) is 7.23. The van der Waals surface area contributed by atoms with Crippen molar-refractivity contribution < 1.29 is 9.53 Å². The minimum atomic E-state index is 0.171. The van der Waals surface area contributed by atoms with Gasteiger partial charge in [-0.05, 0) is 25.1 Å². The van der Waals surface area contributed by atoms with Gasteiger partial charge in [0.15, 0.2) is 5.78 Å². The van der Waals surface area contributed by atoms with Gasteiger partial charge in [-0.1, -0.05) is 0 Å². The van der Waals surface area contributed by atoms with E-state index in [9.17, 15) is 4.79 Å². The van der Waals surface area contributed by atoms with Gasteiger partial charge in [-0.3, -0.25) is 9.69 Å². The lowest BCUT2D eigenvalue weighted by atomic mass is 10.1. The van der Waals surface area contributed by atoms with E-state index in [2.05, 4.69) is 15.5 Å². The van der Waals surface area contributed by atoms with Crippen LogP contribution in [0.5, 0.6) is 5.75 Å². The monoisotopic (exact) mass is 275 g/mol. The smallest absolute Gasteiger partial charge is 0.176 e. The molecule has 5 nitrogen and oxygen atoms in total. The number of hydrogen-bond acceptors (Lipinski definition) is 5. The van der Waals surface area contributed by atoms with Gasteiger partial charge in [0.1, 0.15) is 11.9 Å². The van der Waals surface area contributed by atoms with Gasteiger partial charge in [-0.15, -0.1) is 0 Å². The number of hydrogen-bond donors (Lipinski definition) is 2. The summed E-state index contributed by atoms with van der Waals surface area (Å²) in [7, 11) is 0. The van der Waals surface area contributed by atoms with Crippen LogP contribution in [0.1, 0.15) is 17.3 Å². The molecular formula is C15H21N3O2. The van der Waals surface area contributed by atoms with Crippen molar-refractivity contribution in [1.29, 1.82) is 0 Å². The van der Waals surface area contributed by atoms with Gasteiger partial charge in [0.2, 0.25) is 0 Å². The molecular weight excluding hydrogens is 254 g/mol. The van der Waals surface area contributed by atoms with Gasteiger partial charge in [-0.25, -0.2) is 0 Å². The molecule has 20 heavy (non-hydrogen) atoms. The van der Waals surface area contributed by atoms with Crippen molar-refractivity contribution in [3.05, 3.63) is 23.8 Å². The third-order valence-electron chi connectivity index (χ3n) is 3.79. The molecule has 1 aromatic carbocycles. The second kappa shape index (κ2) is 5.81. The molecule has 0 aliphatic carbocycles. The molecule has 0 aromatic heterocycles. The fourth-order valence-electron chi connectivity index (χ4n) is 2.62. The van der Waals surface area contributed by atoms with Crippen LogP contribution >= 0.6 is 0 Å². The summed E-state index contributed by atoms with van der Waals surface area (Å²) in [6.07, 6.45) is 0.171. The SMILES string of the molecule is CC1CNc2cc(C(=O)CN3CCNCC3)ccc2O1. The molecule has 0 bridgehead atoms. The zero-order valence-electron chi connectivity index (χ0n) is 11.8. The number of benzene rings is 1. The lowest BCUT2D eigenvalue weighted by Crippen LogP contribution is -2.45. The molecule has 0 amide bonds. The Morgan fingerprint density at radius 1 is 1.40 bits per heavy atom. The van der Waals surface area contributed by atoms with Crippen molar-refractivity contribution in [2.75, 3.05) is 44.6 Å². The van der Waals surface area contributed by atoms with Crippen molar-refractivity contribution >= 4 is 11.5 Å². The summed E-state index contributed by atoms with van der Waals surface area (Å²) >= 11 is 0. The highest BCUT2D eigenvalue weighted by Crippen LogP contribution is 2.30. The van der Waals surface area contributed by atoms with Crippen LogP contribution in [0.3, 0.4) is 0 Å². The molecule has 0 saturated carbocycles. The number of fused-ring (bicyclic) bond motifs is 1. The number of piperazine rings is 1. The molecule has 108 valence electrons. The standard InChI is InChI=1S/C15H21N3O2/c1-11-9-17-13-8-12(2-3-15(13)20-11)14(19)10-18-6-4-16-5-7-18/h2-3,8,11,16-17H,4-7,9-10H2,1H3. The Morgan fingerprint density at radius 3 is 3.00 bits per heavy atom. The van der Waals surface area contributed by atoms with E-state index in [1.54, 1.807) is 0 Å². The summed E-state index contributed by atoms with van der Waals surface area (Å²) < 4.78 is 5.72. The summed E-state index contributed by atoms with van der Waals surface area (Å²) in [4.78, 5) is 14.5. The quantitative estimate of drug-likeness (QED) is 0.805. The number of carbonyl (C=O) groups is 1. The topological polar surface area (TPSA) is 53.6 Å². The van der Waals surface area contributed by atoms with Crippen molar-refractivity contribution in [3.63, 3.8) is 0 Å². The van der Waals surface area contributed by atoms with E-state index in [0.29, 0.717) is 6.54 Å². The molecule has 2 aliphatic rings. The largest absolute Gasteiger partial charge is 0.487 e. The predicted octanol–water partition coefficient (Wildman–Crippen LogP) is 0.967. The molecule has 1 saturated heterocycles. The Labute approximate surface area is 119 Å². The normalized spacial score (nSPS) is 22.6. The Bertz CT molecular complexity index is 498. The first kappa shape index (κ1) is 13.4. The van der Waals surface area contributed by atoms with E-state index in [1.165, 1.54) is 0 Å². The maximum atomic E-state index is 12.3. The molecule has 3 rings (SSSR count). The number of Topliss-reactive ketones (excluding diaryl/α,β-unsaturated/α-hetero) is 1.